The van der Waals surface area contributed by atoms with E-state index >= 15 is 0 Å². The third kappa shape index (κ3) is 5.23. The summed E-state index contributed by atoms with van der Waals surface area (Å²) in [5.74, 6) is -0.408. The molecule has 6 heteroatoms. The van der Waals surface area contributed by atoms with E-state index in [-0.39, 0.29) is 30.2 Å². The molecule has 0 spiro atoms. The largest absolute Gasteiger partial charge is 0.342 e. The van der Waals surface area contributed by atoms with Crippen LogP contribution in [0.3, 0.4) is 0 Å². The van der Waals surface area contributed by atoms with Crippen molar-refractivity contribution in [3.63, 3.8) is 0 Å². The number of carbonyl (C=O) groups is 2. The van der Waals surface area contributed by atoms with Gasteiger partial charge in [0, 0.05) is 25.7 Å². The predicted molar refractivity (Wildman–Crippen MR) is 86.5 cm³/mol. The molecule has 23 heavy (non-hydrogen) atoms. The van der Waals surface area contributed by atoms with E-state index in [1.165, 1.54) is 6.07 Å². The summed E-state index contributed by atoms with van der Waals surface area (Å²) >= 11 is 0. The average molecular weight is 321 g/mol. The zero-order valence-electron chi connectivity index (χ0n) is 13.5. The molecule has 126 valence electrons. The predicted octanol–water partition coefficient (Wildman–Crippen LogP) is 2.07. The van der Waals surface area contributed by atoms with E-state index in [9.17, 15) is 14.0 Å². The number of rotatable bonds is 5. The zero-order valence-corrected chi connectivity index (χ0v) is 13.5. The van der Waals surface area contributed by atoms with Gasteiger partial charge in [0.15, 0.2) is 0 Å². The van der Waals surface area contributed by atoms with E-state index in [4.69, 9.17) is 0 Å². The number of benzene rings is 1. The summed E-state index contributed by atoms with van der Waals surface area (Å²) in [6.45, 7) is 3.84. The summed E-state index contributed by atoms with van der Waals surface area (Å²) in [5, 5.41) is 5.70. The number of nitrogens with one attached hydrogen (secondary N) is 2. The van der Waals surface area contributed by atoms with Crippen LogP contribution in [0.2, 0.25) is 0 Å². The van der Waals surface area contributed by atoms with Crippen LogP contribution in [0, 0.1) is 5.82 Å². The van der Waals surface area contributed by atoms with Crippen molar-refractivity contribution in [3.05, 3.63) is 35.6 Å². The van der Waals surface area contributed by atoms with Crippen LogP contribution < -0.4 is 10.6 Å². The highest BCUT2D eigenvalue weighted by Gasteiger charge is 2.24. The number of urea groups is 1. The lowest BCUT2D eigenvalue weighted by molar-refractivity contribution is -0.131. The Morgan fingerprint density at radius 3 is 2.61 bits per heavy atom. The molecule has 1 fully saturated rings. The third-order valence-corrected chi connectivity index (χ3v) is 4.02. The van der Waals surface area contributed by atoms with Gasteiger partial charge in [-0.25, -0.2) is 9.18 Å². The molecule has 1 aliphatic rings. The normalized spacial score (nSPS) is 15.3. The second kappa shape index (κ2) is 8.50. The smallest absolute Gasteiger partial charge is 0.315 e. The van der Waals surface area contributed by atoms with Gasteiger partial charge in [-0.2, -0.15) is 0 Å². The lowest BCUT2D eigenvalue weighted by Gasteiger charge is -2.32. The molecule has 0 bridgehead atoms. The van der Waals surface area contributed by atoms with Crippen LogP contribution in [0.25, 0.3) is 0 Å². The van der Waals surface area contributed by atoms with E-state index < -0.39 is 0 Å². The topological polar surface area (TPSA) is 61.4 Å². The fourth-order valence-electron chi connectivity index (χ4n) is 2.66. The Morgan fingerprint density at radius 1 is 1.26 bits per heavy atom. The zero-order chi connectivity index (χ0) is 16.7. The number of likely N-dealkylation sites (tertiary alicyclic amines) is 1. The minimum absolute atomic E-state index is 0.0658. The summed E-state index contributed by atoms with van der Waals surface area (Å²) in [5.41, 5.74) is 0.427. The molecule has 1 aromatic carbocycles. The molecule has 1 saturated heterocycles. The Hall–Kier alpha value is -2.11. The van der Waals surface area contributed by atoms with E-state index in [0.717, 1.165) is 19.3 Å². The summed E-state index contributed by atoms with van der Waals surface area (Å²) in [4.78, 5) is 25.6. The van der Waals surface area contributed by atoms with E-state index in [1.54, 1.807) is 23.1 Å². The van der Waals surface area contributed by atoms with Crippen LogP contribution in [0.5, 0.6) is 0 Å². The van der Waals surface area contributed by atoms with Gasteiger partial charge in [0.05, 0.1) is 6.42 Å². The van der Waals surface area contributed by atoms with Gasteiger partial charge in [0.25, 0.3) is 0 Å². The van der Waals surface area contributed by atoms with E-state index in [1.807, 2.05) is 6.92 Å². The van der Waals surface area contributed by atoms with Crippen LogP contribution >= 0.6 is 0 Å². The van der Waals surface area contributed by atoms with Gasteiger partial charge < -0.3 is 15.5 Å². The molecule has 1 heterocycles. The summed E-state index contributed by atoms with van der Waals surface area (Å²) in [6, 6.07) is 6.29. The molecular weight excluding hydrogens is 297 g/mol. The van der Waals surface area contributed by atoms with Crippen LogP contribution in [0.15, 0.2) is 24.3 Å². The van der Waals surface area contributed by atoms with E-state index in [2.05, 4.69) is 10.6 Å². The van der Waals surface area contributed by atoms with Gasteiger partial charge in [-0.05, 0) is 30.9 Å². The van der Waals surface area contributed by atoms with Gasteiger partial charge in [0.1, 0.15) is 5.82 Å². The van der Waals surface area contributed by atoms with Crippen LogP contribution in [0.4, 0.5) is 9.18 Å². The fraction of sp³-hybridized carbons (Fsp3) is 0.529. The van der Waals surface area contributed by atoms with Crippen molar-refractivity contribution in [2.24, 2.45) is 0 Å². The monoisotopic (exact) mass is 321 g/mol. The number of carbonyl (C=O) groups excluding carboxylic acids is 2. The first-order valence-corrected chi connectivity index (χ1v) is 8.15. The Labute approximate surface area is 136 Å². The molecule has 3 amide bonds. The van der Waals surface area contributed by atoms with Crippen molar-refractivity contribution in [2.45, 2.75) is 38.6 Å². The molecule has 2 N–H and O–H groups in total. The summed E-state index contributed by atoms with van der Waals surface area (Å²) < 4.78 is 13.6. The number of amides is 3. The molecule has 1 aromatic rings. The highest BCUT2D eigenvalue weighted by molar-refractivity contribution is 5.79. The van der Waals surface area contributed by atoms with Crippen molar-refractivity contribution in [1.82, 2.24) is 15.5 Å². The van der Waals surface area contributed by atoms with Gasteiger partial charge in [0.2, 0.25) is 5.91 Å². The number of hydrogen-bond acceptors (Lipinski definition) is 2. The standard InChI is InChI=1S/C17H24FN3O2/c1-2-9-19-17(23)20-14-7-10-21(11-8-14)16(22)12-13-5-3-4-6-15(13)18/h3-6,14H,2,7-12H2,1H3,(H2,19,20,23). The van der Waals surface area contributed by atoms with Gasteiger partial charge in [-0.15, -0.1) is 0 Å². The van der Waals surface area contributed by atoms with Crippen molar-refractivity contribution in [1.29, 1.82) is 0 Å². The Kier molecular flexibility index (Phi) is 6.38. The average Bonchev–Trinajstić information content (AvgIpc) is 2.55. The quantitative estimate of drug-likeness (QED) is 0.872. The second-order valence-corrected chi connectivity index (χ2v) is 5.82. The maximum absolute atomic E-state index is 13.6. The molecule has 0 radical (unpaired) electrons. The maximum atomic E-state index is 13.6. The van der Waals surface area contributed by atoms with Crippen molar-refractivity contribution in [2.75, 3.05) is 19.6 Å². The summed E-state index contributed by atoms with van der Waals surface area (Å²) in [7, 11) is 0. The first-order chi connectivity index (χ1) is 11.1. The Bertz CT molecular complexity index is 542. The number of nitrogens with zero attached hydrogens (tertiary/aromatic N) is 1. The molecule has 0 atom stereocenters. The van der Waals surface area contributed by atoms with Crippen molar-refractivity contribution in [3.8, 4) is 0 Å². The molecule has 0 aromatic heterocycles. The molecule has 2 rings (SSSR count). The van der Waals surface area contributed by atoms with Crippen LogP contribution in [-0.4, -0.2) is 42.5 Å². The minimum Gasteiger partial charge on any atom is -0.342 e. The van der Waals surface area contributed by atoms with Crippen LogP contribution in [-0.2, 0) is 11.2 Å². The number of hydrogen-bond donors (Lipinski definition) is 2. The maximum Gasteiger partial charge on any atom is 0.315 e. The highest BCUT2D eigenvalue weighted by atomic mass is 19.1. The fourth-order valence-corrected chi connectivity index (χ4v) is 2.66. The highest BCUT2D eigenvalue weighted by Crippen LogP contribution is 2.14. The van der Waals surface area contributed by atoms with Crippen molar-refractivity contribution < 1.29 is 14.0 Å². The van der Waals surface area contributed by atoms with Gasteiger partial charge in [-0.3, -0.25) is 4.79 Å². The molecule has 0 unspecified atom stereocenters. The molecule has 1 aliphatic heterocycles. The number of piperidine rings is 1. The second-order valence-electron chi connectivity index (χ2n) is 5.82. The summed E-state index contributed by atoms with van der Waals surface area (Å²) in [6.07, 6.45) is 2.43. The SMILES string of the molecule is CCCNC(=O)NC1CCN(C(=O)Cc2ccccc2F)CC1. The third-order valence-electron chi connectivity index (χ3n) is 4.02. The lowest BCUT2D eigenvalue weighted by Crippen LogP contribution is -2.49. The first kappa shape index (κ1) is 17.2. The molecule has 5 nitrogen and oxygen atoms in total. The molecular formula is C17H24FN3O2. The first-order valence-electron chi connectivity index (χ1n) is 8.15. The van der Waals surface area contributed by atoms with Gasteiger partial charge >= 0.3 is 6.03 Å². The molecule has 0 aliphatic carbocycles. The van der Waals surface area contributed by atoms with Crippen LogP contribution in [0.1, 0.15) is 31.7 Å². The van der Waals surface area contributed by atoms with Gasteiger partial charge in [-0.1, -0.05) is 25.1 Å². The Balaban J connectivity index is 1.76. The minimum atomic E-state index is -0.343. The lowest BCUT2D eigenvalue weighted by atomic mass is 10.0. The van der Waals surface area contributed by atoms with E-state index in [0.29, 0.717) is 25.2 Å². The van der Waals surface area contributed by atoms with Crippen molar-refractivity contribution >= 4 is 11.9 Å². The Morgan fingerprint density at radius 2 is 1.96 bits per heavy atom. The number of halogens is 1. The molecule has 0 saturated carbocycles.